The molecule has 1 aromatic carbocycles. The topological polar surface area (TPSA) is 127 Å². The summed E-state index contributed by atoms with van der Waals surface area (Å²) in [4.78, 5) is 24.3. The van der Waals surface area contributed by atoms with Crippen molar-refractivity contribution >= 4 is 21.8 Å². The van der Waals surface area contributed by atoms with Gasteiger partial charge in [-0.15, -0.1) is 0 Å². The number of sulfone groups is 1. The molecular weight excluding hydrogens is 448 g/mol. The zero-order valence-electron chi connectivity index (χ0n) is 20.3. The average Bonchev–Trinajstić information content (AvgIpc) is 2.71. The first-order chi connectivity index (χ1) is 15.3. The molecule has 0 amide bonds. The van der Waals surface area contributed by atoms with E-state index in [2.05, 4.69) is 0 Å². The van der Waals surface area contributed by atoms with Crippen molar-refractivity contribution in [1.82, 2.24) is 0 Å². The van der Waals surface area contributed by atoms with Crippen LogP contribution in [0.5, 0.6) is 0 Å². The SMILES string of the molecule is COCC(Cc1cccc(C(C)(CCCC(C)(C)CS(=O)(=O)CCO)C(=O)O)c1)C(=O)OC. The van der Waals surface area contributed by atoms with Gasteiger partial charge in [0.2, 0.25) is 0 Å². The number of ether oxygens (including phenoxy) is 2. The highest BCUT2D eigenvalue weighted by molar-refractivity contribution is 7.91. The smallest absolute Gasteiger partial charge is 0.313 e. The summed E-state index contributed by atoms with van der Waals surface area (Å²) in [6.45, 7) is 5.12. The number of benzene rings is 1. The lowest BCUT2D eigenvalue weighted by atomic mass is 9.75. The highest BCUT2D eigenvalue weighted by Crippen LogP contribution is 2.34. The number of aliphatic carboxylic acids is 1. The summed E-state index contributed by atoms with van der Waals surface area (Å²) in [6, 6.07) is 7.18. The van der Waals surface area contributed by atoms with Crippen molar-refractivity contribution in [2.75, 3.05) is 38.9 Å². The van der Waals surface area contributed by atoms with Crippen LogP contribution in [-0.2, 0) is 40.7 Å². The number of carbonyl (C=O) groups excluding carboxylic acids is 1. The largest absolute Gasteiger partial charge is 0.481 e. The second kappa shape index (κ2) is 12.5. The number of hydrogen-bond donors (Lipinski definition) is 2. The van der Waals surface area contributed by atoms with Gasteiger partial charge in [0.25, 0.3) is 0 Å². The van der Waals surface area contributed by atoms with E-state index < -0.39 is 39.2 Å². The standard InChI is InChI=1S/C24H38O8S/c1-23(2,17-33(29,30)13-12-25)10-7-11-24(3,22(27)28)20-9-6-8-18(15-20)14-19(16-31-4)21(26)32-5/h6,8-9,15,19,25H,7,10-14,16-17H2,1-5H3,(H,27,28). The summed E-state index contributed by atoms with van der Waals surface area (Å²) in [6.07, 6.45) is 1.73. The number of aliphatic hydroxyl groups excluding tert-OH is 1. The summed E-state index contributed by atoms with van der Waals surface area (Å²) in [5.74, 6) is -2.18. The van der Waals surface area contributed by atoms with E-state index in [0.717, 1.165) is 5.56 Å². The summed E-state index contributed by atoms with van der Waals surface area (Å²) >= 11 is 0. The number of carboxylic acids is 1. The lowest BCUT2D eigenvalue weighted by Gasteiger charge is -2.29. The lowest BCUT2D eigenvalue weighted by molar-refractivity contribution is -0.147. The van der Waals surface area contributed by atoms with Crippen molar-refractivity contribution < 1.29 is 37.7 Å². The van der Waals surface area contributed by atoms with Crippen LogP contribution in [-0.4, -0.2) is 69.5 Å². The summed E-state index contributed by atoms with van der Waals surface area (Å²) in [5.41, 5.74) is -0.275. The molecular formula is C24H38O8S. The molecule has 0 bridgehead atoms. The molecule has 0 aliphatic rings. The first-order valence-corrected chi connectivity index (χ1v) is 12.8. The molecule has 2 unspecified atom stereocenters. The molecule has 33 heavy (non-hydrogen) atoms. The fraction of sp³-hybridized carbons (Fsp3) is 0.667. The van der Waals surface area contributed by atoms with E-state index in [0.29, 0.717) is 31.2 Å². The lowest BCUT2D eigenvalue weighted by Crippen LogP contribution is -2.33. The molecule has 0 saturated carbocycles. The van der Waals surface area contributed by atoms with Gasteiger partial charge in [-0.25, -0.2) is 8.42 Å². The second-order valence-electron chi connectivity index (χ2n) is 9.55. The molecule has 0 spiro atoms. The fourth-order valence-electron chi connectivity index (χ4n) is 4.08. The van der Waals surface area contributed by atoms with Crippen molar-refractivity contribution in [2.24, 2.45) is 11.3 Å². The Balaban J connectivity index is 3.00. The quantitative estimate of drug-likeness (QED) is 0.362. The van der Waals surface area contributed by atoms with Gasteiger partial charge < -0.3 is 19.7 Å². The molecule has 1 aromatic rings. The van der Waals surface area contributed by atoms with E-state index in [1.54, 1.807) is 25.1 Å². The first-order valence-electron chi connectivity index (χ1n) is 11.0. The summed E-state index contributed by atoms with van der Waals surface area (Å²) < 4.78 is 34.1. The number of esters is 1. The van der Waals surface area contributed by atoms with E-state index in [9.17, 15) is 23.1 Å². The highest BCUT2D eigenvalue weighted by atomic mass is 32.2. The first kappa shape index (κ1) is 29.1. The Hall–Kier alpha value is -1.97. The number of carbonyl (C=O) groups is 2. The maximum atomic E-state index is 12.3. The van der Waals surface area contributed by atoms with Gasteiger partial charge in [-0.2, -0.15) is 0 Å². The molecule has 0 radical (unpaired) electrons. The van der Waals surface area contributed by atoms with Crippen LogP contribution in [0.1, 0.15) is 51.2 Å². The third kappa shape index (κ3) is 9.06. The van der Waals surface area contributed by atoms with Gasteiger partial charge in [0.1, 0.15) is 0 Å². The fourth-order valence-corrected chi connectivity index (χ4v) is 5.84. The average molecular weight is 487 g/mol. The summed E-state index contributed by atoms with van der Waals surface area (Å²) in [7, 11) is -0.546. The Kier molecular flexibility index (Phi) is 11.0. The molecule has 0 aromatic heterocycles. The van der Waals surface area contributed by atoms with E-state index in [-0.39, 0.29) is 24.1 Å². The molecule has 9 heteroatoms. The molecule has 0 fully saturated rings. The van der Waals surface area contributed by atoms with Crippen molar-refractivity contribution in [3.05, 3.63) is 35.4 Å². The van der Waals surface area contributed by atoms with Gasteiger partial charge in [0.15, 0.2) is 9.84 Å². The van der Waals surface area contributed by atoms with E-state index in [1.807, 2.05) is 19.9 Å². The Bertz CT molecular complexity index is 893. The zero-order chi connectivity index (χ0) is 25.3. The van der Waals surface area contributed by atoms with Crippen molar-refractivity contribution in [1.29, 1.82) is 0 Å². The maximum absolute atomic E-state index is 12.3. The predicted molar refractivity (Wildman–Crippen MR) is 126 cm³/mol. The van der Waals surface area contributed by atoms with Crippen molar-refractivity contribution in [2.45, 2.75) is 51.9 Å². The molecule has 1 rings (SSSR count). The molecule has 2 N–H and O–H groups in total. The van der Waals surface area contributed by atoms with Crippen molar-refractivity contribution in [3.8, 4) is 0 Å². The van der Waals surface area contributed by atoms with Gasteiger partial charge in [0, 0.05) is 7.11 Å². The van der Waals surface area contributed by atoms with Crippen LogP contribution in [0.15, 0.2) is 24.3 Å². The third-order valence-electron chi connectivity index (χ3n) is 5.96. The molecule has 0 aliphatic heterocycles. The predicted octanol–water partition coefficient (Wildman–Crippen LogP) is 2.61. The molecule has 2 atom stereocenters. The van der Waals surface area contributed by atoms with Gasteiger partial charge >= 0.3 is 11.9 Å². The summed E-state index contributed by atoms with van der Waals surface area (Å²) in [5, 5.41) is 19.0. The number of rotatable bonds is 15. The Morgan fingerprint density at radius 3 is 2.33 bits per heavy atom. The van der Waals surface area contributed by atoms with E-state index in [1.165, 1.54) is 14.2 Å². The highest BCUT2D eigenvalue weighted by Gasteiger charge is 2.36. The minimum Gasteiger partial charge on any atom is -0.481 e. The zero-order valence-corrected chi connectivity index (χ0v) is 21.1. The van der Waals surface area contributed by atoms with Crippen LogP contribution >= 0.6 is 0 Å². The minimum absolute atomic E-state index is 0.0613. The number of hydrogen-bond acceptors (Lipinski definition) is 7. The normalized spacial score (nSPS) is 15.0. The monoisotopic (exact) mass is 486 g/mol. The molecule has 0 aliphatic carbocycles. The minimum atomic E-state index is -3.37. The molecule has 188 valence electrons. The van der Waals surface area contributed by atoms with Crippen molar-refractivity contribution in [3.63, 3.8) is 0 Å². The number of carboxylic acid groups (broad SMARTS) is 1. The Morgan fingerprint density at radius 2 is 1.79 bits per heavy atom. The van der Waals surface area contributed by atoms with Gasteiger partial charge in [-0.05, 0) is 42.7 Å². The van der Waals surface area contributed by atoms with Crippen LogP contribution in [0.4, 0.5) is 0 Å². The van der Waals surface area contributed by atoms with Crippen LogP contribution in [0.3, 0.4) is 0 Å². The number of aliphatic hydroxyl groups is 1. The molecule has 0 heterocycles. The molecule has 0 saturated heterocycles. The van der Waals surface area contributed by atoms with E-state index in [4.69, 9.17) is 14.6 Å². The van der Waals surface area contributed by atoms with Crippen LogP contribution in [0.25, 0.3) is 0 Å². The Labute approximate surface area is 197 Å². The number of methoxy groups -OCH3 is 2. The van der Waals surface area contributed by atoms with E-state index >= 15 is 0 Å². The van der Waals surface area contributed by atoms with Crippen LogP contribution < -0.4 is 0 Å². The van der Waals surface area contributed by atoms with Gasteiger partial charge in [-0.1, -0.05) is 44.5 Å². The third-order valence-corrected chi connectivity index (χ3v) is 7.99. The van der Waals surface area contributed by atoms with Crippen LogP contribution in [0.2, 0.25) is 0 Å². The Morgan fingerprint density at radius 1 is 1.12 bits per heavy atom. The second-order valence-corrected chi connectivity index (χ2v) is 11.7. The van der Waals surface area contributed by atoms with Gasteiger partial charge in [-0.3, -0.25) is 9.59 Å². The molecule has 8 nitrogen and oxygen atoms in total. The maximum Gasteiger partial charge on any atom is 0.313 e. The van der Waals surface area contributed by atoms with Crippen LogP contribution in [0, 0.1) is 11.3 Å². The van der Waals surface area contributed by atoms with Gasteiger partial charge in [0.05, 0.1) is 43.2 Å².